The Balaban J connectivity index is 1.46. The van der Waals surface area contributed by atoms with Crippen LogP contribution in [0.1, 0.15) is 5.56 Å². The summed E-state index contributed by atoms with van der Waals surface area (Å²) in [4.78, 5) is 12.3. The Hall–Kier alpha value is -3.15. The van der Waals surface area contributed by atoms with Gasteiger partial charge in [0.25, 0.3) is 5.91 Å². The minimum atomic E-state index is -0.784. The lowest BCUT2D eigenvalue weighted by molar-refractivity contribution is -0.122. The standard InChI is InChI=1S/C18H13FN2O3/c19-13-8-4-7-12-9-15(23-17(12)13)18(22)20-16-10-14(24-21-16)11-5-2-1-3-6-11/h1-8,10,15H,9H2,(H,20,21,22)/t15-/m0/s1. The highest BCUT2D eigenvalue weighted by Gasteiger charge is 2.31. The van der Waals surface area contributed by atoms with Crippen LogP contribution in [0.5, 0.6) is 5.75 Å². The van der Waals surface area contributed by atoms with Gasteiger partial charge in [0.05, 0.1) is 0 Å². The van der Waals surface area contributed by atoms with E-state index in [-0.39, 0.29) is 5.75 Å². The first-order valence-electron chi connectivity index (χ1n) is 7.48. The molecule has 0 bridgehead atoms. The van der Waals surface area contributed by atoms with E-state index < -0.39 is 17.8 Å². The number of carbonyl (C=O) groups excluding carboxylic acids is 1. The molecule has 2 heterocycles. The van der Waals surface area contributed by atoms with Crippen molar-refractivity contribution in [1.82, 2.24) is 5.16 Å². The molecule has 0 spiro atoms. The summed E-state index contributed by atoms with van der Waals surface area (Å²) < 4.78 is 24.3. The molecule has 0 saturated carbocycles. The molecule has 120 valence electrons. The van der Waals surface area contributed by atoms with Gasteiger partial charge >= 0.3 is 0 Å². The van der Waals surface area contributed by atoms with Gasteiger partial charge in [-0.3, -0.25) is 4.79 Å². The molecular weight excluding hydrogens is 311 g/mol. The van der Waals surface area contributed by atoms with Crippen molar-refractivity contribution in [2.75, 3.05) is 5.32 Å². The van der Waals surface area contributed by atoms with E-state index in [1.54, 1.807) is 18.2 Å². The van der Waals surface area contributed by atoms with Crippen molar-refractivity contribution in [3.05, 3.63) is 66.0 Å². The minimum Gasteiger partial charge on any atom is -0.477 e. The number of halogens is 1. The van der Waals surface area contributed by atoms with E-state index in [4.69, 9.17) is 9.26 Å². The predicted molar refractivity (Wildman–Crippen MR) is 85.1 cm³/mol. The van der Waals surface area contributed by atoms with Gasteiger partial charge in [0.2, 0.25) is 0 Å². The molecule has 4 rings (SSSR count). The van der Waals surface area contributed by atoms with E-state index in [2.05, 4.69) is 10.5 Å². The Morgan fingerprint density at radius 2 is 2.00 bits per heavy atom. The highest BCUT2D eigenvalue weighted by Crippen LogP contribution is 2.32. The summed E-state index contributed by atoms with van der Waals surface area (Å²) in [7, 11) is 0. The molecule has 3 aromatic rings. The molecule has 0 aliphatic carbocycles. The number of hydrogen-bond acceptors (Lipinski definition) is 4. The number of aromatic nitrogens is 1. The fourth-order valence-electron chi connectivity index (χ4n) is 2.66. The molecule has 6 heteroatoms. The number of nitrogens with one attached hydrogen (secondary N) is 1. The molecule has 0 unspecified atom stereocenters. The van der Waals surface area contributed by atoms with Crippen molar-refractivity contribution in [3.63, 3.8) is 0 Å². The number of fused-ring (bicyclic) bond motifs is 1. The van der Waals surface area contributed by atoms with Gasteiger partial charge in [0.1, 0.15) is 0 Å². The van der Waals surface area contributed by atoms with Gasteiger partial charge in [-0.1, -0.05) is 47.6 Å². The number of amides is 1. The number of hydrogen-bond donors (Lipinski definition) is 1. The van der Waals surface area contributed by atoms with Gasteiger partial charge in [-0.25, -0.2) is 4.39 Å². The molecule has 5 nitrogen and oxygen atoms in total. The maximum absolute atomic E-state index is 13.7. The zero-order valence-electron chi connectivity index (χ0n) is 12.5. The van der Waals surface area contributed by atoms with Crippen LogP contribution in [0.4, 0.5) is 10.2 Å². The summed E-state index contributed by atoms with van der Waals surface area (Å²) in [6.07, 6.45) is -0.462. The molecule has 0 radical (unpaired) electrons. The van der Waals surface area contributed by atoms with Crippen molar-refractivity contribution < 1.29 is 18.4 Å². The van der Waals surface area contributed by atoms with Crippen LogP contribution in [0, 0.1) is 5.82 Å². The molecular formula is C18H13FN2O3. The largest absolute Gasteiger partial charge is 0.477 e. The average Bonchev–Trinajstić information content (AvgIpc) is 3.23. The van der Waals surface area contributed by atoms with E-state index in [1.165, 1.54) is 6.07 Å². The van der Waals surface area contributed by atoms with E-state index in [0.29, 0.717) is 23.6 Å². The quantitative estimate of drug-likeness (QED) is 0.802. The second kappa shape index (κ2) is 5.81. The topological polar surface area (TPSA) is 64.4 Å². The van der Waals surface area contributed by atoms with Crippen LogP contribution in [0.25, 0.3) is 11.3 Å². The molecule has 1 amide bonds. The molecule has 1 aliphatic heterocycles. The van der Waals surface area contributed by atoms with Gasteiger partial charge < -0.3 is 14.6 Å². The van der Waals surface area contributed by atoms with E-state index >= 15 is 0 Å². The normalized spacial score (nSPS) is 15.6. The zero-order valence-corrected chi connectivity index (χ0v) is 12.5. The first kappa shape index (κ1) is 14.4. The summed E-state index contributed by atoms with van der Waals surface area (Å²) in [6, 6.07) is 15.7. The van der Waals surface area contributed by atoms with Gasteiger partial charge in [0, 0.05) is 23.6 Å². The fourth-order valence-corrected chi connectivity index (χ4v) is 2.66. The average molecular weight is 324 g/mol. The van der Waals surface area contributed by atoms with Crippen molar-refractivity contribution in [2.24, 2.45) is 0 Å². The number of rotatable bonds is 3. The monoisotopic (exact) mass is 324 g/mol. The molecule has 24 heavy (non-hydrogen) atoms. The maximum atomic E-state index is 13.7. The third-order valence-electron chi connectivity index (χ3n) is 3.83. The lowest BCUT2D eigenvalue weighted by Crippen LogP contribution is -2.31. The minimum absolute atomic E-state index is 0.141. The second-order valence-electron chi connectivity index (χ2n) is 5.47. The first-order valence-corrected chi connectivity index (χ1v) is 7.48. The SMILES string of the molecule is O=C(Nc1cc(-c2ccccc2)on1)[C@@H]1Cc2cccc(F)c2O1. The van der Waals surface area contributed by atoms with Gasteiger partial charge in [-0.05, 0) is 6.07 Å². The Bertz CT molecular complexity index is 892. The van der Waals surface area contributed by atoms with Crippen molar-refractivity contribution in [1.29, 1.82) is 0 Å². The summed E-state index contributed by atoms with van der Waals surface area (Å²) in [6.45, 7) is 0. The molecule has 1 aliphatic rings. The Labute approximate surface area is 137 Å². The zero-order chi connectivity index (χ0) is 16.5. The number of nitrogens with zero attached hydrogens (tertiary/aromatic N) is 1. The van der Waals surface area contributed by atoms with Gasteiger partial charge in [-0.2, -0.15) is 0 Å². The van der Waals surface area contributed by atoms with Crippen molar-refractivity contribution in [2.45, 2.75) is 12.5 Å². The van der Waals surface area contributed by atoms with Crippen LogP contribution >= 0.6 is 0 Å². The van der Waals surface area contributed by atoms with Gasteiger partial charge in [0.15, 0.2) is 29.2 Å². The van der Waals surface area contributed by atoms with Crippen LogP contribution in [0.15, 0.2) is 59.1 Å². The van der Waals surface area contributed by atoms with E-state index in [1.807, 2.05) is 30.3 Å². The number of carbonyl (C=O) groups is 1. The lowest BCUT2D eigenvalue weighted by atomic mass is 10.1. The Morgan fingerprint density at radius 3 is 2.79 bits per heavy atom. The molecule has 1 N–H and O–H groups in total. The number of benzene rings is 2. The third kappa shape index (κ3) is 2.62. The number of anilines is 1. The van der Waals surface area contributed by atoms with Crippen molar-refractivity contribution >= 4 is 11.7 Å². The molecule has 0 saturated heterocycles. The molecule has 1 aromatic heterocycles. The van der Waals surface area contributed by atoms with Crippen LogP contribution in [0.3, 0.4) is 0 Å². The van der Waals surface area contributed by atoms with Crippen LogP contribution in [-0.2, 0) is 11.2 Å². The summed E-state index contributed by atoms with van der Waals surface area (Å²) in [5, 5.41) is 6.47. The molecule has 1 atom stereocenters. The summed E-state index contributed by atoms with van der Waals surface area (Å²) >= 11 is 0. The summed E-state index contributed by atoms with van der Waals surface area (Å²) in [5.74, 6) is 0.128. The second-order valence-corrected chi connectivity index (χ2v) is 5.47. The summed E-state index contributed by atoms with van der Waals surface area (Å²) in [5.41, 5.74) is 1.54. The maximum Gasteiger partial charge on any atom is 0.267 e. The van der Waals surface area contributed by atoms with Crippen molar-refractivity contribution in [3.8, 4) is 17.1 Å². The van der Waals surface area contributed by atoms with E-state index in [9.17, 15) is 9.18 Å². The Kier molecular flexibility index (Phi) is 3.49. The Morgan fingerprint density at radius 1 is 1.17 bits per heavy atom. The molecule has 2 aromatic carbocycles. The lowest BCUT2D eigenvalue weighted by Gasteiger charge is -2.09. The smallest absolute Gasteiger partial charge is 0.267 e. The first-order chi connectivity index (χ1) is 11.7. The highest BCUT2D eigenvalue weighted by molar-refractivity contribution is 5.94. The predicted octanol–water partition coefficient (Wildman–Crippen LogP) is 3.42. The highest BCUT2D eigenvalue weighted by atomic mass is 19.1. The molecule has 0 fully saturated rings. The number of para-hydroxylation sites is 1. The van der Waals surface area contributed by atoms with Gasteiger partial charge in [-0.15, -0.1) is 0 Å². The fraction of sp³-hybridized carbons (Fsp3) is 0.111. The number of ether oxygens (including phenoxy) is 1. The van der Waals surface area contributed by atoms with Crippen LogP contribution in [-0.4, -0.2) is 17.2 Å². The van der Waals surface area contributed by atoms with Crippen LogP contribution < -0.4 is 10.1 Å². The third-order valence-corrected chi connectivity index (χ3v) is 3.83. The van der Waals surface area contributed by atoms with E-state index in [0.717, 1.165) is 5.56 Å². The van der Waals surface area contributed by atoms with Crippen LogP contribution in [0.2, 0.25) is 0 Å².